The molecule has 6 nitrogen and oxygen atoms in total. The molecule has 0 bridgehead atoms. The van der Waals surface area contributed by atoms with E-state index in [0.717, 1.165) is 27.8 Å². The number of carboxylic acids is 1. The molecule has 0 saturated carbocycles. The quantitative estimate of drug-likeness (QED) is 0.549. The lowest BCUT2D eigenvalue weighted by molar-refractivity contribution is -0.310. The van der Waals surface area contributed by atoms with Crippen molar-refractivity contribution in [1.82, 2.24) is 4.90 Å². The van der Waals surface area contributed by atoms with Gasteiger partial charge in [0.15, 0.2) is 11.5 Å². The molecule has 2 aromatic rings. The number of hydrogen-bond donors (Lipinski definition) is 0. The van der Waals surface area contributed by atoms with Crippen molar-refractivity contribution in [3.05, 3.63) is 64.6 Å². The van der Waals surface area contributed by atoms with Gasteiger partial charge in [0.1, 0.15) is 4.32 Å². The molecule has 1 saturated heterocycles. The molecular formula is C20H14NO5S2-. The maximum absolute atomic E-state index is 12.9. The van der Waals surface area contributed by atoms with Gasteiger partial charge in [0, 0.05) is 0 Å². The van der Waals surface area contributed by atoms with Crippen molar-refractivity contribution in [2.45, 2.75) is 12.5 Å². The number of thioether (sulfide) groups is 1. The molecule has 0 unspecified atom stereocenters. The second kappa shape index (κ2) is 7.65. The minimum Gasteiger partial charge on any atom is -0.548 e. The van der Waals surface area contributed by atoms with E-state index in [1.54, 1.807) is 36.4 Å². The minimum atomic E-state index is -1.34. The summed E-state index contributed by atoms with van der Waals surface area (Å²) in [5.41, 5.74) is 1.52. The zero-order valence-electron chi connectivity index (χ0n) is 14.5. The van der Waals surface area contributed by atoms with Gasteiger partial charge >= 0.3 is 0 Å². The molecule has 2 aliphatic rings. The fraction of sp³-hybridized carbons (Fsp3) is 0.150. The lowest BCUT2D eigenvalue weighted by Crippen LogP contribution is -2.51. The van der Waals surface area contributed by atoms with Crippen molar-refractivity contribution in [3.63, 3.8) is 0 Å². The van der Waals surface area contributed by atoms with Crippen LogP contribution in [0, 0.1) is 0 Å². The first kappa shape index (κ1) is 18.5. The monoisotopic (exact) mass is 412 g/mol. The average molecular weight is 412 g/mol. The van der Waals surface area contributed by atoms with Crippen LogP contribution in [-0.2, 0) is 16.0 Å². The summed E-state index contributed by atoms with van der Waals surface area (Å²) >= 11 is 6.37. The summed E-state index contributed by atoms with van der Waals surface area (Å²) in [7, 11) is 0. The van der Waals surface area contributed by atoms with Crippen LogP contribution in [0.1, 0.15) is 11.1 Å². The van der Waals surface area contributed by atoms with Crippen molar-refractivity contribution in [3.8, 4) is 11.5 Å². The molecule has 0 radical (unpaired) electrons. The first-order valence-corrected chi connectivity index (χ1v) is 9.67. The Morgan fingerprint density at radius 1 is 1.21 bits per heavy atom. The van der Waals surface area contributed by atoms with Crippen molar-refractivity contribution in [1.29, 1.82) is 0 Å². The molecule has 0 aliphatic carbocycles. The zero-order chi connectivity index (χ0) is 19.7. The normalized spacial score (nSPS) is 18.0. The highest BCUT2D eigenvalue weighted by Crippen LogP contribution is 2.37. The standard InChI is InChI=1S/C20H15NO5S2/c22-18-17(10-13-6-7-15-16(9-13)26-11-25-15)28-20(27)21(18)14(19(23)24)8-12-4-2-1-3-5-12/h1-7,9-10,14H,8,11H2,(H,23,24)/p-1/b17-10-/t14-/m0/s1. The van der Waals surface area contributed by atoms with Crippen molar-refractivity contribution < 1.29 is 24.2 Å². The van der Waals surface area contributed by atoms with Crippen LogP contribution in [0.2, 0.25) is 0 Å². The highest BCUT2D eigenvalue weighted by molar-refractivity contribution is 8.26. The van der Waals surface area contributed by atoms with E-state index in [0.29, 0.717) is 16.4 Å². The Labute approximate surface area is 170 Å². The Morgan fingerprint density at radius 3 is 2.71 bits per heavy atom. The Hall–Kier alpha value is -2.84. The number of thiocarbonyl (C=S) groups is 1. The Balaban J connectivity index is 1.59. The summed E-state index contributed by atoms with van der Waals surface area (Å²) in [5.74, 6) is -0.548. The first-order chi connectivity index (χ1) is 13.5. The number of ether oxygens (including phenoxy) is 2. The van der Waals surface area contributed by atoms with E-state index in [-0.39, 0.29) is 17.5 Å². The lowest BCUT2D eigenvalue weighted by atomic mass is 10.0. The van der Waals surface area contributed by atoms with E-state index in [9.17, 15) is 14.7 Å². The number of fused-ring (bicyclic) bond motifs is 1. The van der Waals surface area contributed by atoms with Crippen LogP contribution >= 0.6 is 24.0 Å². The molecule has 0 spiro atoms. The minimum absolute atomic E-state index is 0.118. The van der Waals surface area contributed by atoms with Gasteiger partial charge in [0.25, 0.3) is 5.91 Å². The van der Waals surface area contributed by atoms with Crippen LogP contribution in [0.4, 0.5) is 0 Å². The summed E-state index contributed by atoms with van der Waals surface area (Å²) in [6, 6.07) is 13.2. The number of amides is 1. The molecule has 1 fully saturated rings. The molecule has 2 aliphatic heterocycles. The third kappa shape index (κ3) is 3.61. The van der Waals surface area contributed by atoms with Gasteiger partial charge in [-0.05, 0) is 35.8 Å². The molecule has 0 aromatic heterocycles. The molecule has 2 aromatic carbocycles. The van der Waals surface area contributed by atoms with Gasteiger partial charge in [0.2, 0.25) is 6.79 Å². The Bertz CT molecular complexity index is 989. The predicted octanol–water partition coefficient (Wildman–Crippen LogP) is 1.98. The molecule has 2 heterocycles. The number of rotatable bonds is 5. The molecule has 28 heavy (non-hydrogen) atoms. The van der Waals surface area contributed by atoms with E-state index >= 15 is 0 Å². The van der Waals surface area contributed by atoms with Crippen molar-refractivity contribution >= 4 is 46.3 Å². The zero-order valence-corrected chi connectivity index (χ0v) is 16.1. The maximum atomic E-state index is 12.9. The summed E-state index contributed by atoms with van der Waals surface area (Å²) in [4.78, 5) is 26.1. The van der Waals surface area contributed by atoms with Crippen LogP contribution in [0.3, 0.4) is 0 Å². The second-order valence-corrected chi connectivity index (χ2v) is 7.86. The fourth-order valence-electron chi connectivity index (χ4n) is 3.02. The molecule has 1 atom stereocenters. The van der Waals surface area contributed by atoms with E-state index in [1.165, 1.54) is 0 Å². The smallest absolute Gasteiger partial charge is 0.266 e. The molecular weight excluding hydrogens is 398 g/mol. The van der Waals surface area contributed by atoms with Crippen LogP contribution in [-0.4, -0.2) is 33.9 Å². The molecule has 0 N–H and O–H groups in total. The first-order valence-electron chi connectivity index (χ1n) is 8.44. The fourth-order valence-corrected chi connectivity index (χ4v) is 4.38. The van der Waals surface area contributed by atoms with Crippen LogP contribution in [0.15, 0.2) is 53.4 Å². The van der Waals surface area contributed by atoms with Gasteiger partial charge in [-0.15, -0.1) is 0 Å². The molecule has 142 valence electrons. The highest BCUT2D eigenvalue weighted by atomic mass is 32.2. The van der Waals surface area contributed by atoms with Gasteiger partial charge in [-0.1, -0.05) is 60.4 Å². The van der Waals surface area contributed by atoms with E-state index in [2.05, 4.69) is 0 Å². The maximum Gasteiger partial charge on any atom is 0.266 e. The largest absolute Gasteiger partial charge is 0.548 e. The summed E-state index contributed by atoms with van der Waals surface area (Å²) in [6.07, 6.45) is 1.78. The number of carbonyl (C=O) groups is 2. The SMILES string of the molecule is O=C([O-])[C@H](Cc1ccccc1)N1C(=O)/C(=C/c2ccc3c(c2)OCO3)SC1=S. The summed E-state index contributed by atoms with van der Waals surface area (Å²) in [6.45, 7) is 0.160. The number of carboxylic acid groups (broad SMARTS) is 1. The van der Waals surface area contributed by atoms with E-state index < -0.39 is 17.9 Å². The number of nitrogens with zero attached hydrogens (tertiary/aromatic N) is 1. The van der Waals surface area contributed by atoms with E-state index in [1.807, 2.05) is 18.2 Å². The summed E-state index contributed by atoms with van der Waals surface area (Å²) < 4.78 is 10.8. The topological polar surface area (TPSA) is 78.9 Å². The third-order valence-corrected chi connectivity index (χ3v) is 5.70. The number of hydrogen-bond acceptors (Lipinski definition) is 7. The number of aliphatic carboxylic acids is 1. The Morgan fingerprint density at radius 2 is 1.96 bits per heavy atom. The molecule has 1 amide bonds. The van der Waals surface area contributed by atoms with E-state index in [4.69, 9.17) is 21.7 Å². The number of benzene rings is 2. The lowest BCUT2D eigenvalue weighted by Gasteiger charge is -2.27. The van der Waals surface area contributed by atoms with Gasteiger partial charge in [-0.2, -0.15) is 0 Å². The second-order valence-electron chi connectivity index (χ2n) is 6.19. The molecule has 8 heteroatoms. The third-order valence-electron chi connectivity index (χ3n) is 4.37. The van der Waals surface area contributed by atoms with Gasteiger partial charge < -0.3 is 19.4 Å². The van der Waals surface area contributed by atoms with Crippen LogP contribution < -0.4 is 14.6 Å². The Kier molecular flexibility index (Phi) is 5.06. The van der Waals surface area contributed by atoms with Gasteiger partial charge in [-0.3, -0.25) is 9.69 Å². The summed E-state index contributed by atoms with van der Waals surface area (Å²) in [5, 5.41) is 11.8. The molecule has 4 rings (SSSR count). The number of carbonyl (C=O) groups excluding carboxylic acids is 2. The highest BCUT2D eigenvalue weighted by Gasteiger charge is 2.37. The van der Waals surface area contributed by atoms with Crippen molar-refractivity contribution in [2.24, 2.45) is 0 Å². The van der Waals surface area contributed by atoms with Crippen molar-refractivity contribution in [2.75, 3.05) is 6.79 Å². The van der Waals surface area contributed by atoms with Gasteiger partial charge in [-0.25, -0.2) is 0 Å². The average Bonchev–Trinajstić information content (AvgIpc) is 3.25. The van der Waals surface area contributed by atoms with Gasteiger partial charge in [0.05, 0.1) is 16.9 Å². The van der Waals surface area contributed by atoms with Crippen LogP contribution in [0.5, 0.6) is 11.5 Å². The predicted molar refractivity (Wildman–Crippen MR) is 107 cm³/mol. The van der Waals surface area contributed by atoms with Crippen LogP contribution in [0.25, 0.3) is 6.08 Å².